The number of amides is 1. The molecule has 0 radical (unpaired) electrons. The van der Waals surface area contributed by atoms with E-state index in [1.54, 1.807) is 0 Å². The van der Waals surface area contributed by atoms with Crippen molar-refractivity contribution in [1.29, 1.82) is 0 Å². The number of hydrogen-bond acceptors (Lipinski definition) is 4. The lowest BCUT2D eigenvalue weighted by molar-refractivity contribution is 0.142. The van der Waals surface area contributed by atoms with E-state index >= 15 is 0 Å². The molecule has 2 heterocycles. The number of anilines is 1. The fourth-order valence-corrected chi connectivity index (χ4v) is 2.27. The normalized spacial score (nSPS) is 19.0. The molecule has 1 saturated heterocycles. The van der Waals surface area contributed by atoms with Crippen LogP contribution in [0.15, 0.2) is 6.20 Å². The van der Waals surface area contributed by atoms with E-state index in [9.17, 15) is 4.79 Å². The van der Waals surface area contributed by atoms with Crippen molar-refractivity contribution in [2.24, 2.45) is 0 Å². The van der Waals surface area contributed by atoms with Crippen molar-refractivity contribution in [1.82, 2.24) is 14.9 Å². The number of halogens is 2. The van der Waals surface area contributed by atoms with E-state index in [-0.39, 0.29) is 11.3 Å². The van der Waals surface area contributed by atoms with Crippen LogP contribution in [0.1, 0.15) is 12.8 Å². The predicted molar refractivity (Wildman–Crippen MR) is 68.3 cm³/mol. The zero-order valence-electron chi connectivity index (χ0n) is 9.44. The maximum atomic E-state index is 11.0. The molecular weight excluding hydrogens is 279 g/mol. The molecule has 1 atom stereocenters. The van der Waals surface area contributed by atoms with E-state index in [1.807, 2.05) is 0 Å². The highest BCUT2D eigenvalue weighted by molar-refractivity contribution is 6.33. The molecule has 1 aliphatic heterocycles. The van der Waals surface area contributed by atoms with Crippen LogP contribution >= 0.6 is 23.2 Å². The second-order valence-corrected chi connectivity index (χ2v) is 4.73. The summed E-state index contributed by atoms with van der Waals surface area (Å²) in [5.41, 5.74) is 0. The fraction of sp³-hybridized carbons (Fsp3) is 0.500. The third-order valence-electron chi connectivity index (χ3n) is 2.84. The summed E-state index contributed by atoms with van der Waals surface area (Å²) in [5, 5.41) is 12.5. The third kappa shape index (κ3) is 2.94. The minimum Gasteiger partial charge on any atom is -0.465 e. The number of nitrogens with zero attached hydrogens (tertiary/aromatic N) is 3. The molecule has 18 heavy (non-hydrogen) atoms. The van der Waals surface area contributed by atoms with Gasteiger partial charge in [-0.25, -0.2) is 9.78 Å². The summed E-state index contributed by atoms with van der Waals surface area (Å²) in [5.74, 6) is 0.425. The first-order valence-electron chi connectivity index (χ1n) is 5.49. The Morgan fingerprint density at radius 2 is 2.39 bits per heavy atom. The molecule has 0 aromatic carbocycles. The van der Waals surface area contributed by atoms with Crippen molar-refractivity contribution >= 4 is 35.1 Å². The van der Waals surface area contributed by atoms with Gasteiger partial charge in [0.15, 0.2) is 0 Å². The van der Waals surface area contributed by atoms with Crippen LogP contribution in [0.4, 0.5) is 10.6 Å². The highest BCUT2D eigenvalue weighted by Gasteiger charge is 2.28. The minimum absolute atomic E-state index is 0.0627. The van der Waals surface area contributed by atoms with Crippen molar-refractivity contribution in [3.63, 3.8) is 0 Å². The first-order valence-corrected chi connectivity index (χ1v) is 6.25. The number of carboxylic acid groups (broad SMARTS) is 1. The largest absolute Gasteiger partial charge is 0.465 e. The maximum Gasteiger partial charge on any atom is 0.407 e. The van der Waals surface area contributed by atoms with Gasteiger partial charge in [0, 0.05) is 13.1 Å². The first kappa shape index (κ1) is 13.2. The molecule has 6 nitrogen and oxygen atoms in total. The van der Waals surface area contributed by atoms with Gasteiger partial charge in [0.25, 0.3) is 0 Å². The number of rotatable bonds is 3. The van der Waals surface area contributed by atoms with Gasteiger partial charge >= 0.3 is 6.09 Å². The second kappa shape index (κ2) is 5.58. The Bertz CT molecular complexity index is 458. The van der Waals surface area contributed by atoms with E-state index in [2.05, 4.69) is 15.3 Å². The number of hydrogen-bond donors (Lipinski definition) is 2. The molecule has 0 spiro atoms. The lowest BCUT2D eigenvalue weighted by Crippen LogP contribution is -2.38. The van der Waals surface area contributed by atoms with Crippen LogP contribution in [0.3, 0.4) is 0 Å². The summed E-state index contributed by atoms with van der Waals surface area (Å²) in [6.07, 6.45) is 2.21. The summed E-state index contributed by atoms with van der Waals surface area (Å²) in [4.78, 5) is 20.1. The van der Waals surface area contributed by atoms with Gasteiger partial charge in [0.1, 0.15) is 10.8 Å². The van der Waals surface area contributed by atoms with Crippen LogP contribution in [-0.4, -0.2) is 45.2 Å². The smallest absolute Gasteiger partial charge is 0.407 e. The van der Waals surface area contributed by atoms with Crippen molar-refractivity contribution in [3.8, 4) is 0 Å². The lowest BCUT2D eigenvalue weighted by Gasteiger charge is -2.22. The Kier molecular flexibility index (Phi) is 4.08. The summed E-state index contributed by atoms with van der Waals surface area (Å²) in [7, 11) is 0. The van der Waals surface area contributed by atoms with Crippen molar-refractivity contribution in [2.45, 2.75) is 18.9 Å². The summed E-state index contributed by atoms with van der Waals surface area (Å²) >= 11 is 11.6. The van der Waals surface area contributed by atoms with Gasteiger partial charge in [-0.1, -0.05) is 11.6 Å². The molecule has 1 aliphatic rings. The monoisotopic (exact) mass is 290 g/mol. The van der Waals surface area contributed by atoms with Crippen LogP contribution < -0.4 is 5.32 Å². The molecule has 0 aliphatic carbocycles. The van der Waals surface area contributed by atoms with Crippen LogP contribution in [0.5, 0.6) is 0 Å². The van der Waals surface area contributed by atoms with Crippen molar-refractivity contribution in [2.75, 3.05) is 18.4 Å². The third-order valence-corrected chi connectivity index (χ3v) is 3.30. The van der Waals surface area contributed by atoms with E-state index in [0.29, 0.717) is 23.9 Å². The Labute approximate surface area is 114 Å². The van der Waals surface area contributed by atoms with E-state index < -0.39 is 6.09 Å². The van der Waals surface area contributed by atoms with Crippen LogP contribution in [-0.2, 0) is 0 Å². The number of nitrogens with one attached hydrogen (secondary N) is 1. The molecule has 2 N–H and O–H groups in total. The standard InChI is InChI=1S/C10H12Cl2N4O2/c11-7-5-14-9(12)15-8(7)13-4-6-2-1-3-16(6)10(17)18/h5-6H,1-4H2,(H,17,18)(H,13,14,15). The first-order chi connectivity index (χ1) is 8.58. The van der Waals surface area contributed by atoms with Gasteiger partial charge in [-0.05, 0) is 24.4 Å². The number of carbonyl (C=O) groups is 1. The molecule has 8 heteroatoms. The Morgan fingerprint density at radius 1 is 1.61 bits per heavy atom. The molecule has 1 aromatic rings. The topological polar surface area (TPSA) is 78.4 Å². The fourth-order valence-electron chi connectivity index (χ4n) is 1.98. The van der Waals surface area contributed by atoms with Crippen LogP contribution in [0.25, 0.3) is 0 Å². The number of aromatic nitrogens is 2. The molecule has 1 fully saturated rings. The molecule has 1 amide bonds. The highest BCUT2D eigenvalue weighted by Crippen LogP contribution is 2.22. The minimum atomic E-state index is -0.897. The Hall–Kier alpha value is -1.27. The van der Waals surface area contributed by atoms with Gasteiger partial charge in [0.2, 0.25) is 5.28 Å². The zero-order chi connectivity index (χ0) is 13.1. The highest BCUT2D eigenvalue weighted by atomic mass is 35.5. The molecule has 0 saturated carbocycles. The molecule has 2 rings (SSSR count). The van der Waals surface area contributed by atoms with Gasteiger partial charge in [-0.3, -0.25) is 0 Å². The molecular formula is C10H12Cl2N4O2. The molecule has 1 unspecified atom stereocenters. The summed E-state index contributed by atoms with van der Waals surface area (Å²) < 4.78 is 0. The van der Waals surface area contributed by atoms with E-state index in [0.717, 1.165) is 12.8 Å². The van der Waals surface area contributed by atoms with Crippen molar-refractivity contribution < 1.29 is 9.90 Å². The van der Waals surface area contributed by atoms with Gasteiger partial charge in [-0.2, -0.15) is 4.98 Å². The van der Waals surface area contributed by atoms with Crippen molar-refractivity contribution in [3.05, 3.63) is 16.5 Å². The van der Waals surface area contributed by atoms with Gasteiger partial charge in [0.05, 0.1) is 12.2 Å². The quantitative estimate of drug-likeness (QED) is 0.836. The van der Waals surface area contributed by atoms with Gasteiger partial charge < -0.3 is 15.3 Å². The molecule has 98 valence electrons. The second-order valence-electron chi connectivity index (χ2n) is 3.99. The van der Waals surface area contributed by atoms with Gasteiger partial charge in [-0.15, -0.1) is 0 Å². The predicted octanol–water partition coefficient (Wildman–Crippen LogP) is 2.34. The molecule has 1 aromatic heterocycles. The van der Waals surface area contributed by atoms with E-state index in [1.165, 1.54) is 11.1 Å². The average molecular weight is 291 g/mol. The maximum absolute atomic E-state index is 11.0. The van der Waals surface area contributed by atoms with Crippen LogP contribution in [0, 0.1) is 0 Å². The summed E-state index contributed by atoms with van der Waals surface area (Å²) in [6.45, 7) is 1.03. The number of likely N-dealkylation sites (tertiary alicyclic amines) is 1. The lowest BCUT2D eigenvalue weighted by atomic mass is 10.2. The Balaban J connectivity index is 1.99. The van der Waals surface area contributed by atoms with Crippen LogP contribution in [0.2, 0.25) is 10.3 Å². The SMILES string of the molecule is O=C(O)N1CCCC1CNc1nc(Cl)ncc1Cl. The van der Waals surface area contributed by atoms with E-state index in [4.69, 9.17) is 28.3 Å². The average Bonchev–Trinajstić information content (AvgIpc) is 2.79. The summed E-state index contributed by atoms with van der Waals surface area (Å²) in [6, 6.07) is -0.0627. The zero-order valence-corrected chi connectivity index (χ0v) is 10.9. The molecule has 0 bridgehead atoms. The Morgan fingerprint density at radius 3 is 3.11 bits per heavy atom.